The van der Waals surface area contributed by atoms with Crippen LogP contribution < -0.4 is 10.2 Å². The lowest BCUT2D eigenvalue weighted by atomic mass is 9.79. The van der Waals surface area contributed by atoms with Gasteiger partial charge in [0.05, 0.1) is 28.4 Å². The first-order chi connectivity index (χ1) is 13.5. The smallest absolute Gasteiger partial charge is 0.473 e. The van der Waals surface area contributed by atoms with Gasteiger partial charge in [-0.15, -0.1) is 0 Å². The van der Waals surface area contributed by atoms with Crippen LogP contribution in [-0.2, 0) is 21.1 Å². The molecule has 1 saturated heterocycles. The van der Waals surface area contributed by atoms with Crippen molar-refractivity contribution in [2.24, 2.45) is 7.05 Å². The standard InChI is InChI=1S/C21H38BN3O5/c1-13-16(22-29-20(7,8)21(9,10)30-22)17(25(12)23-13)27-15(3)14(2)24(11)18(26)28-19(4,5)6/h14-15H,1-12H3/t14-,15?/m1/s1. The quantitative estimate of drug-likeness (QED) is 0.678. The molecular formula is C21H38BN3O5. The SMILES string of the molecule is Cc1nn(C)c(OC(C)[C@@H](C)N(C)C(=O)OC(C)(C)C)c1B1OC(C)(C)C(C)(C)O1. The molecule has 30 heavy (non-hydrogen) atoms. The van der Waals surface area contributed by atoms with Crippen molar-refractivity contribution in [3.63, 3.8) is 0 Å². The molecule has 1 aliphatic heterocycles. The molecule has 0 saturated carbocycles. The van der Waals surface area contributed by atoms with Gasteiger partial charge < -0.3 is 23.7 Å². The minimum Gasteiger partial charge on any atom is -0.473 e. The fraction of sp³-hybridized carbons (Fsp3) is 0.810. The van der Waals surface area contributed by atoms with Crippen molar-refractivity contribution < 1.29 is 23.6 Å². The van der Waals surface area contributed by atoms with Gasteiger partial charge >= 0.3 is 13.2 Å². The molecule has 8 nitrogen and oxygen atoms in total. The predicted molar refractivity (Wildman–Crippen MR) is 117 cm³/mol. The molecule has 0 N–H and O–H groups in total. The number of aryl methyl sites for hydroxylation is 2. The van der Waals surface area contributed by atoms with E-state index < -0.39 is 30.0 Å². The second-order valence-corrected chi connectivity index (χ2v) is 10.2. The maximum atomic E-state index is 12.4. The number of hydrogen-bond donors (Lipinski definition) is 0. The summed E-state index contributed by atoms with van der Waals surface area (Å²) in [4.78, 5) is 14.0. The van der Waals surface area contributed by atoms with Crippen LogP contribution in [0.25, 0.3) is 0 Å². The Hall–Kier alpha value is -1.74. The lowest BCUT2D eigenvalue weighted by Gasteiger charge is -2.32. The zero-order valence-corrected chi connectivity index (χ0v) is 20.6. The summed E-state index contributed by atoms with van der Waals surface area (Å²) in [5.74, 6) is 0.572. The number of amides is 1. The van der Waals surface area contributed by atoms with Gasteiger partial charge in [-0.05, 0) is 69.2 Å². The van der Waals surface area contributed by atoms with E-state index in [1.54, 1.807) is 16.6 Å². The molecule has 9 heteroatoms. The van der Waals surface area contributed by atoms with E-state index in [0.29, 0.717) is 5.88 Å². The van der Waals surface area contributed by atoms with Gasteiger partial charge in [0.1, 0.15) is 11.7 Å². The molecule has 1 unspecified atom stereocenters. The second kappa shape index (κ2) is 8.07. The second-order valence-electron chi connectivity index (χ2n) is 10.2. The lowest BCUT2D eigenvalue weighted by Crippen LogP contribution is -2.47. The highest BCUT2D eigenvalue weighted by Crippen LogP contribution is 2.37. The first-order valence-electron chi connectivity index (χ1n) is 10.5. The van der Waals surface area contributed by atoms with Gasteiger partial charge in [-0.25, -0.2) is 9.48 Å². The molecule has 1 aliphatic rings. The van der Waals surface area contributed by atoms with Crippen molar-refractivity contribution >= 4 is 18.7 Å². The Labute approximate surface area is 181 Å². The highest BCUT2D eigenvalue weighted by atomic mass is 16.7. The Morgan fingerprint density at radius 1 is 1.17 bits per heavy atom. The van der Waals surface area contributed by atoms with E-state index in [4.69, 9.17) is 18.8 Å². The minimum atomic E-state index is -0.579. The van der Waals surface area contributed by atoms with Crippen LogP contribution in [0.2, 0.25) is 0 Å². The van der Waals surface area contributed by atoms with Crippen LogP contribution >= 0.6 is 0 Å². The highest BCUT2D eigenvalue weighted by molar-refractivity contribution is 6.63. The van der Waals surface area contributed by atoms with Crippen LogP contribution in [0.15, 0.2) is 0 Å². The first kappa shape index (κ1) is 24.5. The molecule has 0 radical (unpaired) electrons. The number of carbonyl (C=O) groups excluding carboxylic acids is 1. The van der Waals surface area contributed by atoms with Crippen LogP contribution in [0.5, 0.6) is 5.88 Å². The molecule has 170 valence electrons. The molecule has 2 heterocycles. The lowest BCUT2D eigenvalue weighted by molar-refractivity contribution is 0.00578. The molecule has 0 aliphatic carbocycles. The van der Waals surface area contributed by atoms with E-state index in [9.17, 15) is 4.79 Å². The molecule has 1 aromatic heterocycles. The van der Waals surface area contributed by atoms with Crippen molar-refractivity contribution in [3.8, 4) is 5.88 Å². The molecule has 0 aromatic carbocycles. The number of aromatic nitrogens is 2. The van der Waals surface area contributed by atoms with E-state index in [0.717, 1.165) is 11.2 Å². The van der Waals surface area contributed by atoms with Gasteiger partial charge in [-0.3, -0.25) is 0 Å². The van der Waals surface area contributed by atoms with Gasteiger partial charge in [0.25, 0.3) is 0 Å². The molecule has 1 fully saturated rings. The van der Waals surface area contributed by atoms with Gasteiger partial charge in [0.2, 0.25) is 5.88 Å². The van der Waals surface area contributed by atoms with Gasteiger partial charge in [-0.1, -0.05) is 0 Å². The summed E-state index contributed by atoms with van der Waals surface area (Å²) >= 11 is 0. The summed E-state index contributed by atoms with van der Waals surface area (Å²) in [6.07, 6.45) is -0.712. The fourth-order valence-electron chi connectivity index (χ4n) is 3.12. The fourth-order valence-corrected chi connectivity index (χ4v) is 3.12. The highest BCUT2D eigenvalue weighted by Gasteiger charge is 2.53. The minimum absolute atomic E-state index is 0.235. The largest absolute Gasteiger partial charge is 0.502 e. The average Bonchev–Trinajstić information content (AvgIpc) is 2.95. The van der Waals surface area contributed by atoms with Crippen LogP contribution in [0, 0.1) is 6.92 Å². The van der Waals surface area contributed by atoms with Gasteiger partial charge in [0.15, 0.2) is 0 Å². The summed E-state index contributed by atoms with van der Waals surface area (Å²) in [7, 11) is 2.96. The number of hydrogen-bond acceptors (Lipinski definition) is 6. The molecule has 1 aromatic rings. The normalized spacial score (nSPS) is 20.1. The Balaban J connectivity index is 2.22. The maximum absolute atomic E-state index is 12.4. The van der Waals surface area contributed by atoms with Crippen LogP contribution in [-0.4, -0.2) is 63.9 Å². The monoisotopic (exact) mass is 423 g/mol. The summed E-state index contributed by atoms with van der Waals surface area (Å²) in [5, 5.41) is 4.52. The number of rotatable bonds is 5. The number of carbonyl (C=O) groups is 1. The Bertz CT molecular complexity index is 768. The maximum Gasteiger partial charge on any atom is 0.502 e. The van der Waals surface area contributed by atoms with Crippen LogP contribution in [0.3, 0.4) is 0 Å². The third kappa shape index (κ3) is 4.94. The molecule has 0 bridgehead atoms. The number of nitrogens with zero attached hydrogens (tertiary/aromatic N) is 3. The number of ether oxygens (including phenoxy) is 2. The first-order valence-corrected chi connectivity index (χ1v) is 10.5. The van der Waals surface area contributed by atoms with Crippen molar-refractivity contribution in [2.75, 3.05) is 7.05 Å². The van der Waals surface area contributed by atoms with Gasteiger partial charge in [0, 0.05) is 14.1 Å². The summed E-state index contributed by atoms with van der Waals surface area (Å²) in [6, 6.07) is -0.235. The molecule has 0 spiro atoms. The predicted octanol–water partition coefficient (Wildman–Crippen LogP) is 3.05. The third-order valence-corrected chi connectivity index (χ3v) is 5.97. The molecular weight excluding hydrogens is 385 g/mol. The van der Waals surface area contributed by atoms with Gasteiger partial charge in [-0.2, -0.15) is 5.10 Å². The Morgan fingerprint density at radius 2 is 1.67 bits per heavy atom. The van der Waals surface area contributed by atoms with E-state index in [1.807, 2.05) is 76.3 Å². The average molecular weight is 423 g/mol. The molecule has 1 amide bonds. The molecule has 2 atom stereocenters. The van der Waals surface area contributed by atoms with Crippen LogP contribution in [0.1, 0.15) is 68.0 Å². The van der Waals surface area contributed by atoms with E-state index >= 15 is 0 Å². The Morgan fingerprint density at radius 3 is 2.13 bits per heavy atom. The van der Waals surface area contributed by atoms with Crippen molar-refractivity contribution in [1.29, 1.82) is 0 Å². The zero-order valence-electron chi connectivity index (χ0n) is 20.6. The van der Waals surface area contributed by atoms with Crippen molar-refractivity contribution in [3.05, 3.63) is 5.69 Å². The zero-order chi connectivity index (χ0) is 23.2. The van der Waals surface area contributed by atoms with Crippen LogP contribution in [0.4, 0.5) is 4.79 Å². The number of likely N-dealkylation sites (N-methyl/N-ethyl adjacent to an activating group) is 1. The van der Waals surface area contributed by atoms with Crippen molar-refractivity contribution in [1.82, 2.24) is 14.7 Å². The molecule has 2 rings (SSSR count). The van der Waals surface area contributed by atoms with Crippen molar-refractivity contribution in [2.45, 2.75) is 98.2 Å². The summed E-state index contributed by atoms with van der Waals surface area (Å²) < 4.78 is 25.9. The van der Waals surface area contributed by atoms with E-state index in [2.05, 4.69) is 5.10 Å². The third-order valence-electron chi connectivity index (χ3n) is 5.97. The summed E-state index contributed by atoms with van der Waals surface area (Å²) in [5.41, 5.74) is 0.0692. The Kier molecular flexibility index (Phi) is 6.60. The summed E-state index contributed by atoms with van der Waals surface area (Å²) in [6.45, 7) is 19.3. The van der Waals surface area contributed by atoms with E-state index in [-0.39, 0.29) is 12.1 Å². The topological polar surface area (TPSA) is 75.1 Å². The van der Waals surface area contributed by atoms with E-state index in [1.165, 1.54) is 0 Å².